The lowest BCUT2D eigenvalue weighted by atomic mass is 10.2. The lowest BCUT2D eigenvalue weighted by molar-refractivity contribution is -0.0157. The maximum Gasteiger partial charge on any atom is 0.250 e. The molecule has 0 radical (unpaired) electrons. The van der Waals surface area contributed by atoms with Crippen molar-refractivity contribution in [2.75, 3.05) is 0 Å². The zero-order valence-electron chi connectivity index (χ0n) is 4.56. The molecular formula is C5H8F2O. The minimum absolute atomic E-state index is 0.267. The Morgan fingerprint density at radius 1 is 1.62 bits per heavy atom. The van der Waals surface area contributed by atoms with Crippen molar-refractivity contribution < 1.29 is 13.9 Å². The highest BCUT2D eigenvalue weighted by Crippen LogP contribution is 2.42. The normalized spacial score (nSPS) is 37.5. The van der Waals surface area contributed by atoms with Gasteiger partial charge in [0.05, 0.1) is 12.0 Å². The van der Waals surface area contributed by atoms with E-state index in [9.17, 15) is 8.78 Å². The number of aliphatic hydroxyl groups excluding tert-OH is 1. The monoisotopic (exact) mass is 122 g/mol. The number of alkyl halides is 2. The Labute approximate surface area is 46.3 Å². The quantitative estimate of drug-likeness (QED) is 0.550. The van der Waals surface area contributed by atoms with Crippen molar-refractivity contribution in [1.29, 1.82) is 0 Å². The van der Waals surface area contributed by atoms with Gasteiger partial charge in [0.25, 0.3) is 5.92 Å². The number of hydrogen-bond acceptors (Lipinski definition) is 1. The lowest BCUT2D eigenvalue weighted by Gasteiger charge is -2.05. The summed E-state index contributed by atoms with van der Waals surface area (Å²) in [4.78, 5) is 0. The molecule has 0 aliphatic heterocycles. The van der Waals surface area contributed by atoms with Crippen LogP contribution in [0.5, 0.6) is 0 Å². The van der Waals surface area contributed by atoms with E-state index in [-0.39, 0.29) is 6.42 Å². The minimum Gasteiger partial charge on any atom is -0.393 e. The van der Waals surface area contributed by atoms with Gasteiger partial charge in [-0.25, -0.2) is 8.78 Å². The third-order valence-corrected chi connectivity index (χ3v) is 1.41. The maximum absolute atomic E-state index is 12.0. The molecule has 3 heteroatoms. The van der Waals surface area contributed by atoms with Crippen LogP contribution in [0.2, 0.25) is 0 Å². The van der Waals surface area contributed by atoms with Gasteiger partial charge >= 0.3 is 0 Å². The van der Waals surface area contributed by atoms with Crippen LogP contribution in [0.1, 0.15) is 13.3 Å². The van der Waals surface area contributed by atoms with Crippen LogP contribution in [0.15, 0.2) is 0 Å². The fourth-order valence-electron chi connectivity index (χ4n) is 0.726. The van der Waals surface area contributed by atoms with Gasteiger partial charge in [-0.2, -0.15) is 0 Å². The van der Waals surface area contributed by atoms with Crippen molar-refractivity contribution >= 4 is 0 Å². The van der Waals surface area contributed by atoms with Gasteiger partial charge in [0.15, 0.2) is 0 Å². The van der Waals surface area contributed by atoms with Crippen LogP contribution in [0.3, 0.4) is 0 Å². The van der Waals surface area contributed by atoms with Crippen molar-refractivity contribution in [2.24, 2.45) is 5.92 Å². The highest BCUT2D eigenvalue weighted by atomic mass is 19.3. The molecule has 0 aromatic carbocycles. The van der Waals surface area contributed by atoms with E-state index in [4.69, 9.17) is 5.11 Å². The van der Waals surface area contributed by atoms with Crippen LogP contribution in [0.4, 0.5) is 8.78 Å². The minimum atomic E-state index is -2.67. The molecule has 1 rings (SSSR count). The summed E-state index contributed by atoms with van der Waals surface area (Å²) in [6.07, 6.45) is -0.473. The van der Waals surface area contributed by atoms with Crippen molar-refractivity contribution in [3.05, 3.63) is 0 Å². The summed E-state index contributed by atoms with van der Waals surface area (Å²) in [5.41, 5.74) is 0. The van der Waals surface area contributed by atoms with E-state index in [1.165, 1.54) is 0 Å². The Hall–Kier alpha value is -0.180. The summed E-state index contributed by atoms with van der Waals surface area (Å²) in [7, 11) is 0. The molecule has 1 aliphatic rings. The molecule has 2 atom stereocenters. The Balaban J connectivity index is 2.39. The largest absolute Gasteiger partial charge is 0.393 e. The van der Waals surface area contributed by atoms with Crippen LogP contribution < -0.4 is 0 Å². The van der Waals surface area contributed by atoms with E-state index in [1.807, 2.05) is 0 Å². The van der Waals surface area contributed by atoms with Crippen molar-refractivity contribution in [2.45, 2.75) is 25.4 Å². The van der Waals surface area contributed by atoms with Gasteiger partial charge in [-0.3, -0.25) is 0 Å². The van der Waals surface area contributed by atoms with Gasteiger partial charge in [0, 0.05) is 0 Å². The highest BCUT2D eigenvalue weighted by Gasteiger charge is 2.50. The van der Waals surface area contributed by atoms with E-state index in [2.05, 4.69) is 0 Å². The average Bonchev–Trinajstić information content (AvgIpc) is 2.13. The summed E-state index contributed by atoms with van der Waals surface area (Å²) in [6.45, 7) is 0.841. The molecule has 0 amide bonds. The molecule has 0 aromatic heterocycles. The molecule has 2 unspecified atom stereocenters. The highest BCUT2D eigenvalue weighted by molar-refractivity contribution is 4.93. The summed E-state index contributed by atoms with van der Waals surface area (Å²) >= 11 is 0. The van der Waals surface area contributed by atoms with Crippen LogP contribution in [0, 0.1) is 5.92 Å². The first-order valence-electron chi connectivity index (χ1n) is 2.57. The van der Waals surface area contributed by atoms with Gasteiger partial charge in [-0.15, -0.1) is 0 Å². The van der Waals surface area contributed by atoms with E-state index in [1.54, 1.807) is 0 Å². The first-order chi connectivity index (χ1) is 3.52. The second kappa shape index (κ2) is 1.41. The molecular weight excluding hydrogens is 114 g/mol. The number of aliphatic hydroxyl groups is 1. The predicted molar refractivity (Wildman–Crippen MR) is 24.7 cm³/mol. The third-order valence-electron chi connectivity index (χ3n) is 1.41. The molecule has 0 spiro atoms. The Morgan fingerprint density at radius 2 is 2.00 bits per heavy atom. The van der Waals surface area contributed by atoms with Gasteiger partial charge in [0.1, 0.15) is 0 Å². The second-order valence-electron chi connectivity index (χ2n) is 2.37. The fourth-order valence-corrected chi connectivity index (χ4v) is 0.726. The summed E-state index contributed by atoms with van der Waals surface area (Å²) in [6, 6.07) is 0. The van der Waals surface area contributed by atoms with Gasteiger partial charge < -0.3 is 5.11 Å². The maximum atomic E-state index is 12.0. The first-order valence-corrected chi connectivity index (χ1v) is 2.57. The van der Waals surface area contributed by atoms with Gasteiger partial charge in [-0.05, 0) is 13.3 Å². The smallest absolute Gasteiger partial charge is 0.250 e. The Kier molecular flexibility index (Phi) is 1.05. The molecule has 8 heavy (non-hydrogen) atoms. The Bertz CT molecular complexity index is 97.1. The zero-order chi connectivity index (χ0) is 6.36. The third kappa shape index (κ3) is 0.968. The zero-order valence-corrected chi connectivity index (χ0v) is 4.56. The molecule has 0 aromatic rings. The summed E-state index contributed by atoms with van der Waals surface area (Å²) in [5, 5.41) is 8.48. The van der Waals surface area contributed by atoms with E-state index < -0.39 is 17.9 Å². The molecule has 1 nitrogen and oxygen atoms in total. The van der Waals surface area contributed by atoms with Crippen LogP contribution >= 0.6 is 0 Å². The summed E-state index contributed by atoms with van der Waals surface area (Å²) in [5.74, 6) is -3.43. The topological polar surface area (TPSA) is 20.2 Å². The molecule has 1 aliphatic carbocycles. The van der Waals surface area contributed by atoms with E-state index in [0.717, 1.165) is 6.92 Å². The number of halogens is 2. The first kappa shape index (κ1) is 5.95. The van der Waals surface area contributed by atoms with Crippen molar-refractivity contribution in [3.63, 3.8) is 0 Å². The van der Waals surface area contributed by atoms with Crippen molar-refractivity contribution in [1.82, 2.24) is 0 Å². The van der Waals surface area contributed by atoms with Crippen LogP contribution in [0.25, 0.3) is 0 Å². The standard InChI is InChI=1S/C5H8F2O/c1-5(6,7)3-2-4(3)8/h3-4,8H,2H2,1H3. The second-order valence-corrected chi connectivity index (χ2v) is 2.37. The SMILES string of the molecule is CC(F)(F)C1CC1O. The fraction of sp³-hybridized carbons (Fsp3) is 1.00. The van der Waals surface area contributed by atoms with Crippen LogP contribution in [-0.4, -0.2) is 17.1 Å². The number of hydrogen-bond donors (Lipinski definition) is 1. The molecule has 48 valence electrons. The Morgan fingerprint density at radius 3 is 2.00 bits per heavy atom. The van der Waals surface area contributed by atoms with E-state index in [0.29, 0.717) is 0 Å². The molecule has 1 N–H and O–H groups in total. The van der Waals surface area contributed by atoms with Gasteiger partial charge in [-0.1, -0.05) is 0 Å². The summed E-state index contributed by atoms with van der Waals surface area (Å²) < 4.78 is 24.0. The molecule has 0 saturated heterocycles. The molecule has 0 bridgehead atoms. The predicted octanol–water partition coefficient (Wildman–Crippen LogP) is 1.02. The molecule has 0 heterocycles. The lowest BCUT2D eigenvalue weighted by Crippen LogP contribution is -2.14. The van der Waals surface area contributed by atoms with Gasteiger partial charge in [0.2, 0.25) is 0 Å². The average molecular weight is 122 g/mol. The molecule has 1 saturated carbocycles. The van der Waals surface area contributed by atoms with Crippen molar-refractivity contribution in [3.8, 4) is 0 Å². The molecule has 1 fully saturated rings. The van der Waals surface area contributed by atoms with Crippen LogP contribution in [-0.2, 0) is 0 Å². The number of rotatable bonds is 1. The van der Waals surface area contributed by atoms with E-state index >= 15 is 0 Å².